The molecule has 1 heterocycles. The van der Waals surface area contributed by atoms with Gasteiger partial charge in [-0.25, -0.2) is 0 Å². The number of methoxy groups -OCH3 is 1. The number of para-hydroxylation sites is 1. The molecule has 0 aliphatic carbocycles. The van der Waals surface area contributed by atoms with E-state index in [1.807, 2.05) is 71.6 Å². The zero-order chi connectivity index (χ0) is 19.6. The summed E-state index contributed by atoms with van der Waals surface area (Å²) in [5, 5.41) is 3.61. The Labute approximate surface area is 165 Å². The second-order valence-electron chi connectivity index (χ2n) is 7.17. The zero-order valence-electron chi connectivity index (χ0n) is 16.2. The summed E-state index contributed by atoms with van der Waals surface area (Å²) < 4.78 is 5.42. The second kappa shape index (κ2) is 7.39. The Bertz CT molecular complexity index is 987. The number of hydrogen-bond donors (Lipinski definition) is 1. The molecule has 1 N–H and O–H groups in total. The standard InChI is InChI=1S/C24H24N2O2/c1-24(19-11-8-12-20(17-19)28-2)25-22-14-7-6-13-21(22)23(27)26(24)16-15-18-9-4-3-5-10-18/h3-14,17,25H,15-16H2,1-2H3. The van der Waals surface area contributed by atoms with Gasteiger partial charge in [0.25, 0.3) is 5.91 Å². The van der Waals surface area contributed by atoms with E-state index in [1.54, 1.807) is 7.11 Å². The first kappa shape index (κ1) is 18.1. The molecule has 3 aromatic carbocycles. The number of fused-ring (bicyclic) bond motifs is 1. The Kier molecular flexibility index (Phi) is 4.78. The van der Waals surface area contributed by atoms with Crippen molar-refractivity contribution in [2.24, 2.45) is 0 Å². The highest BCUT2D eigenvalue weighted by atomic mass is 16.5. The smallest absolute Gasteiger partial charge is 0.258 e. The van der Waals surface area contributed by atoms with Gasteiger partial charge in [0, 0.05) is 17.8 Å². The molecule has 3 aromatic rings. The predicted molar refractivity (Wildman–Crippen MR) is 112 cm³/mol. The summed E-state index contributed by atoms with van der Waals surface area (Å²) in [5.41, 5.74) is 3.09. The largest absolute Gasteiger partial charge is 0.497 e. The molecular formula is C24H24N2O2. The summed E-state index contributed by atoms with van der Waals surface area (Å²) in [6.45, 7) is 2.67. The summed E-state index contributed by atoms with van der Waals surface area (Å²) in [6.07, 6.45) is 0.788. The van der Waals surface area contributed by atoms with Gasteiger partial charge in [0.15, 0.2) is 0 Å². The third-order valence-corrected chi connectivity index (χ3v) is 5.42. The monoisotopic (exact) mass is 372 g/mol. The number of carbonyl (C=O) groups is 1. The van der Waals surface area contributed by atoms with Crippen LogP contribution in [-0.2, 0) is 12.1 Å². The Balaban J connectivity index is 1.75. The lowest BCUT2D eigenvalue weighted by atomic mass is 9.93. The number of amides is 1. The van der Waals surface area contributed by atoms with Gasteiger partial charge in [0.1, 0.15) is 11.4 Å². The van der Waals surface area contributed by atoms with Crippen LogP contribution in [0.2, 0.25) is 0 Å². The van der Waals surface area contributed by atoms with E-state index in [4.69, 9.17) is 4.74 Å². The van der Waals surface area contributed by atoms with Crippen LogP contribution in [0.1, 0.15) is 28.4 Å². The van der Waals surface area contributed by atoms with E-state index in [2.05, 4.69) is 24.4 Å². The number of ether oxygens (including phenoxy) is 1. The normalized spacial score (nSPS) is 18.4. The van der Waals surface area contributed by atoms with Crippen LogP contribution in [0.15, 0.2) is 78.9 Å². The number of anilines is 1. The molecule has 0 bridgehead atoms. The van der Waals surface area contributed by atoms with Gasteiger partial charge in [0.2, 0.25) is 0 Å². The molecule has 28 heavy (non-hydrogen) atoms. The van der Waals surface area contributed by atoms with Gasteiger partial charge >= 0.3 is 0 Å². The van der Waals surface area contributed by atoms with Crippen molar-refractivity contribution in [2.75, 3.05) is 19.0 Å². The molecule has 142 valence electrons. The number of hydrogen-bond acceptors (Lipinski definition) is 3. The SMILES string of the molecule is COc1cccc(C2(C)Nc3ccccc3C(=O)N2CCc2ccccc2)c1. The summed E-state index contributed by atoms with van der Waals surface area (Å²) in [4.78, 5) is 15.4. The molecule has 1 aliphatic rings. The van der Waals surface area contributed by atoms with Crippen LogP contribution in [0.25, 0.3) is 0 Å². The minimum Gasteiger partial charge on any atom is -0.497 e. The van der Waals surface area contributed by atoms with Crippen LogP contribution in [0, 0.1) is 0 Å². The topological polar surface area (TPSA) is 41.6 Å². The molecule has 1 aliphatic heterocycles. The first-order valence-corrected chi connectivity index (χ1v) is 9.49. The van der Waals surface area contributed by atoms with Crippen LogP contribution >= 0.6 is 0 Å². The van der Waals surface area contributed by atoms with Gasteiger partial charge in [-0.15, -0.1) is 0 Å². The van der Waals surface area contributed by atoms with Crippen molar-refractivity contribution in [3.05, 3.63) is 95.6 Å². The highest BCUT2D eigenvalue weighted by Crippen LogP contribution is 2.38. The van der Waals surface area contributed by atoms with E-state index in [0.29, 0.717) is 12.1 Å². The van der Waals surface area contributed by atoms with E-state index >= 15 is 0 Å². The second-order valence-corrected chi connectivity index (χ2v) is 7.17. The van der Waals surface area contributed by atoms with E-state index in [9.17, 15) is 4.79 Å². The summed E-state index contributed by atoms with van der Waals surface area (Å²) >= 11 is 0. The number of benzene rings is 3. The highest BCUT2D eigenvalue weighted by Gasteiger charge is 2.42. The van der Waals surface area contributed by atoms with Gasteiger partial charge in [0.05, 0.1) is 12.7 Å². The number of carbonyl (C=O) groups excluding carboxylic acids is 1. The van der Waals surface area contributed by atoms with Crippen LogP contribution in [0.3, 0.4) is 0 Å². The highest BCUT2D eigenvalue weighted by molar-refractivity contribution is 6.02. The van der Waals surface area contributed by atoms with Crippen molar-refractivity contribution in [3.8, 4) is 5.75 Å². The maximum absolute atomic E-state index is 13.4. The molecule has 1 amide bonds. The van der Waals surface area contributed by atoms with Gasteiger partial charge in [-0.05, 0) is 43.2 Å². The van der Waals surface area contributed by atoms with Crippen LogP contribution < -0.4 is 10.1 Å². The van der Waals surface area contributed by atoms with E-state index < -0.39 is 5.66 Å². The summed E-state index contributed by atoms with van der Waals surface area (Å²) in [7, 11) is 1.66. The molecular weight excluding hydrogens is 348 g/mol. The van der Waals surface area contributed by atoms with Crippen molar-refractivity contribution < 1.29 is 9.53 Å². The minimum absolute atomic E-state index is 0.0376. The third-order valence-electron chi connectivity index (χ3n) is 5.42. The van der Waals surface area contributed by atoms with Crippen LogP contribution in [0.5, 0.6) is 5.75 Å². The fraction of sp³-hybridized carbons (Fsp3) is 0.208. The van der Waals surface area contributed by atoms with Crippen LogP contribution in [0.4, 0.5) is 5.69 Å². The van der Waals surface area contributed by atoms with Gasteiger partial charge in [-0.3, -0.25) is 4.79 Å². The molecule has 0 saturated carbocycles. The van der Waals surface area contributed by atoms with Crippen LogP contribution in [-0.4, -0.2) is 24.5 Å². The fourth-order valence-corrected chi connectivity index (χ4v) is 3.82. The molecule has 4 nitrogen and oxygen atoms in total. The number of nitrogens with one attached hydrogen (secondary N) is 1. The molecule has 0 saturated heterocycles. The Morgan fingerprint density at radius 1 is 0.964 bits per heavy atom. The Morgan fingerprint density at radius 3 is 2.50 bits per heavy atom. The Hall–Kier alpha value is -3.27. The number of nitrogens with zero attached hydrogens (tertiary/aromatic N) is 1. The fourth-order valence-electron chi connectivity index (χ4n) is 3.82. The Morgan fingerprint density at radius 2 is 1.71 bits per heavy atom. The molecule has 4 heteroatoms. The average molecular weight is 372 g/mol. The maximum atomic E-state index is 13.4. The lowest BCUT2D eigenvalue weighted by molar-refractivity contribution is 0.0538. The lowest BCUT2D eigenvalue weighted by Crippen LogP contribution is -2.56. The molecule has 0 radical (unpaired) electrons. The quantitative estimate of drug-likeness (QED) is 0.707. The van der Waals surface area contributed by atoms with E-state index in [0.717, 1.165) is 23.4 Å². The van der Waals surface area contributed by atoms with Crippen molar-refractivity contribution in [1.82, 2.24) is 4.90 Å². The van der Waals surface area contributed by atoms with Crippen molar-refractivity contribution >= 4 is 11.6 Å². The first-order chi connectivity index (χ1) is 13.6. The predicted octanol–water partition coefficient (Wildman–Crippen LogP) is 4.68. The average Bonchev–Trinajstić information content (AvgIpc) is 2.74. The number of rotatable bonds is 5. The molecule has 0 aromatic heterocycles. The van der Waals surface area contributed by atoms with Gasteiger partial charge in [-0.1, -0.05) is 54.6 Å². The third kappa shape index (κ3) is 3.22. The maximum Gasteiger partial charge on any atom is 0.258 e. The van der Waals surface area contributed by atoms with E-state index in [1.165, 1.54) is 5.56 Å². The lowest BCUT2D eigenvalue weighted by Gasteiger charge is -2.47. The van der Waals surface area contributed by atoms with Gasteiger partial charge < -0.3 is 15.0 Å². The first-order valence-electron chi connectivity index (χ1n) is 9.49. The zero-order valence-corrected chi connectivity index (χ0v) is 16.2. The summed E-state index contributed by atoms with van der Waals surface area (Å²) in [5.74, 6) is 0.811. The molecule has 0 fully saturated rings. The molecule has 0 spiro atoms. The molecule has 1 unspecified atom stereocenters. The molecule has 1 atom stereocenters. The summed E-state index contributed by atoms with van der Waals surface area (Å²) in [6, 6.07) is 25.9. The minimum atomic E-state index is -0.672. The van der Waals surface area contributed by atoms with Gasteiger partial charge in [-0.2, -0.15) is 0 Å². The molecule has 4 rings (SSSR count). The van der Waals surface area contributed by atoms with Crippen molar-refractivity contribution in [1.29, 1.82) is 0 Å². The van der Waals surface area contributed by atoms with Crippen molar-refractivity contribution in [2.45, 2.75) is 19.0 Å². The van der Waals surface area contributed by atoms with Crippen molar-refractivity contribution in [3.63, 3.8) is 0 Å². The van der Waals surface area contributed by atoms with E-state index in [-0.39, 0.29) is 5.91 Å².